The summed E-state index contributed by atoms with van der Waals surface area (Å²) in [6.45, 7) is 3.37. The number of aromatic nitrogens is 3. The minimum atomic E-state index is -3.58. The van der Waals surface area contributed by atoms with Crippen LogP contribution in [0.5, 0.6) is 0 Å². The Morgan fingerprint density at radius 2 is 1.96 bits per heavy atom. The Morgan fingerprint density at radius 1 is 1.33 bits per heavy atom. The Kier molecular flexibility index (Phi) is 5.23. The van der Waals surface area contributed by atoms with Crippen molar-refractivity contribution in [2.45, 2.75) is 19.9 Å². The lowest BCUT2D eigenvalue weighted by atomic mass is 10.2. The van der Waals surface area contributed by atoms with E-state index in [2.05, 4.69) is 15.5 Å². The lowest BCUT2D eigenvalue weighted by molar-refractivity contribution is -0.120. The molecule has 2 aromatic rings. The third kappa shape index (κ3) is 4.31. The van der Waals surface area contributed by atoms with Crippen molar-refractivity contribution in [3.05, 3.63) is 42.0 Å². The maximum atomic E-state index is 12.3. The number of sulfonamides is 1. The molecule has 1 unspecified atom stereocenters. The summed E-state index contributed by atoms with van der Waals surface area (Å²) in [6, 6.07) is 6.57. The van der Waals surface area contributed by atoms with Crippen molar-refractivity contribution in [3.8, 4) is 0 Å². The summed E-state index contributed by atoms with van der Waals surface area (Å²) < 4.78 is 26.8. The predicted octanol–water partition coefficient (Wildman–Crippen LogP) is 0.767. The molecule has 24 heavy (non-hydrogen) atoms. The number of aryl methyl sites for hydroxylation is 2. The number of hydrogen-bond donors (Lipinski definition) is 1. The Bertz CT molecular complexity index is 814. The summed E-state index contributed by atoms with van der Waals surface area (Å²) in [5, 5.41) is 10.4. The summed E-state index contributed by atoms with van der Waals surface area (Å²) in [7, 11) is -1.81. The number of hydrogen-bond acceptors (Lipinski definition) is 5. The second kappa shape index (κ2) is 7.00. The van der Waals surface area contributed by atoms with Crippen LogP contribution in [0.1, 0.15) is 24.4 Å². The molecule has 1 N–H and O–H groups in total. The highest BCUT2D eigenvalue weighted by Gasteiger charge is 2.22. The number of carbonyl (C=O) groups excluding carboxylic acids is 1. The number of nitrogens with one attached hydrogen (secondary N) is 1. The molecule has 9 heteroatoms. The van der Waals surface area contributed by atoms with Crippen LogP contribution >= 0.6 is 0 Å². The van der Waals surface area contributed by atoms with E-state index in [9.17, 15) is 13.2 Å². The van der Waals surface area contributed by atoms with Crippen molar-refractivity contribution in [2.75, 3.05) is 17.1 Å². The van der Waals surface area contributed by atoms with Gasteiger partial charge in [0, 0.05) is 7.05 Å². The second-order valence-electron chi connectivity index (χ2n) is 5.69. The van der Waals surface area contributed by atoms with E-state index in [1.54, 1.807) is 42.8 Å². The molecule has 0 saturated carbocycles. The number of benzene rings is 1. The van der Waals surface area contributed by atoms with E-state index in [0.29, 0.717) is 11.5 Å². The molecule has 130 valence electrons. The first-order valence-corrected chi connectivity index (χ1v) is 9.21. The van der Waals surface area contributed by atoms with Crippen molar-refractivity contribution in [2.24, 2.45) is 7.05 Å². The van der Waals surface area contributed by atoms with Crippen LogP contribution in [-0.4, -0.2) is 41.9 Å². The molecule has 1 amide bonds. The van der Waals surface area contributed by atoms with Crippen molar-refractivity contribution < 1.29 is 13.2 Å². The third-order valence-corrected chi connectivity index (χ3v) is 4.66. The van der Waals surface area contributed by atoms with Gasteiger partial charge < -0.3 is 9.88 Å². The first kappa shape index (κ1) is 17.9. The number of amides is 1. The average Bonchev–Trinajstić information content (AvgIpc) is 2.91. The summed E-state index contributed by atoms with van der Waals surface area (Å²) in [5.74, 6) is 0.168. The lowest BCUT2D eigenvalue weighted by Crippen LogP contribution is -2.41. The van der Waals surface area contributed by atoms with Gasteiger partial charge in [-0.3, -0.25) is 9.10 Å². The number of rotatable bonds is 6. The van der Waals surface area contributed by atoms with Crippen LogP contribution in [0.4, 0.5) is 5.69 Å². The Hall–Kier alpha value is -2.42. The van der Waals surface area contributed by atoms with E-state index in [1.165, 1.54) is 6.33 Å². The van der Waals surface area contributed by atoms with Crippen LogP contribution in [-0.2, 0) is 21.9 Å². The smallest absolute Gasteiger partial charge is 0.241 e. The van der Waals surface area contributed by atoms with Crippen LogP contribution in [0.25, 0.3) is 0 Å². The zero-order chi connectivity index (χ0) is 17.9. The molecular weight excluding hydrogens is 330 g/mol. The average molecular weight is 351 g/mol. The number of anilines is 1. The van der Waals surface area contributed by atoms with E-state index in [1.807, 2.05) is 6.92 Å². The molecule has 8 nitrogen and oxygen atoms in total. The van der Waals surface area contributed by atoms with Crippen molar-refractivity contribution >= 4 is 21.6 Å². The van der Waals surface area contributed by atoms with Gasteiger partial charge in [0.1, 0.15) is 12.9 Å². The highest BCUT2D eigenvalue weighted by Crippen LogP contribution is 2.18. The molecule has 0 aliphatic carbocycles. The largest absolute Gasteiger partial charge is 0.345 e. The summed E-state index contributed by atoms with van der Waals surface area (Å²) in [4.78, 5) is 12.3. The zero-order valence-corrected chi connectivity index (χ0v) is 14.9. The van der Waals surface area contributed by atoms with Crippen molar-refractivity contribution in [3.63, 3.8) is 0 Å². The van der Waals surface area contributed by atoms with E-state index in [0.717, 1.165) is 16.1 Å². The molecule has 1 atom stereocenters. The van der Waals surface area contributed by atoms with Crippen LogP contribution in [0.2, 0.25) is 0 Å². The van der Waals surface area contributed by atoms with Gasteiger partial charge in [0.15, 0.2) is 5.82 Å². The van der Waals surface area contributed by atoms with Gasteiger partial charge in [0.05, 0.1) is 18.0 Å². The second-order valence-corrected chi connectivity index (χ2v) is 7.60. The number of nitrogens with zero attached hydrogens (tertiary/aromatic N) is 4. The zero-order valence-electron chi connectivity index (χ0n) is 14.1. The van der Waals surface area contributed by atoms with Crippen molar-refractivity contribution in [1.29, 1.82) is 0 Å². The molecule has 0 saturated heterocycles. The molecule has 0 fully saturated rings. The lowest BCUT2D eigenvalue weighted by Gasteiger charge is -2.23. The maximum absolute atomic E-state index is 12.3. The quantitative estimate of drug-likeness (QED) is 0.829. The van der Waals surface area contributed by atoms with Gasteiger partial charge in [-0.2, -0.15) is 0 Å². The van der Waals surface area contributed by atoms with Crippen LogP contribution in [0, 0.1) is 6.92 Å². The van der Waals surface area contributed by atoms with E-state index < -0.39 is 15.9 Å². The topological polar surface area (TPSA) is 97.2 Å². The normalized spacial score (nSPS) is 12.7. The van der Waals surface area contributed by atoms with Crippen LogP contribution in [0.3, 0.4) is 0 Å². The predicted molar refractivity (Wildman–Crippen MR) is 90.9 cm³/mol. The maximum Gasteiger partial charge on any atom is 0.241 e. The Labute approximate surface area is 141 Å². The SMILES string of the molecule is Cc1ccc(N(CC(=O)NC(C)c2nncn2C)S(C)(=O)=O)cc1. The fourth-order valence-corrected chi connectivity index (χ4v) is 3.13. The van der Waals surface area contributed by atoms with E-state index in [-0.39, 0.29) is 12.6 Å². The van der Waals surface area contributed by atoms with Gasteiger partial charge in [-0.15, -0.1) is 10.2 Å². The Balaban J connectivity index is 2.13. The van der Waals surface area contributed by atoms with E-state index >= 15 is 0 Å². The highest BCUT2D eigenvalue weighted by molar-refractivity contribution is 7.92. The van der Waals surface area contributed by atoms with Crippen LogP contribution in [0.15, 0.2) is 30.6 Å². The molecular formula is C15H21N5O3S. The molecule has 0 bridgehead atoms. The van der Waals surface area contributed by atoms with Gasteiger partial charge >= 0.3 is 0 Å². The first-order chi connectivity index (χ1) is 11.2. The van der Waals surface area contributed by atoms with Gasteiger partial charge in [-0.05, 0) is 26.0 Å². The number of carbonyl (C=O) groups is 1. The molecule has 0 radical (unpaired) electrons. The summed E-state index contributed by atoms with van der Waals surface area (Å²) >= 11 is 0. The van der Waals surface area contributed by atoms with Gasteiger partial charge in [-0.1, -0.05) is 17.7 Å². The summed E-state index contributed by atoms with van der Waals surface area (Å²) in [6.07, 6.45) is 2.61. The fraction of sp³-hybridized carbons (Fsp3) is 0.400. The molecule has 1 aromatic carbocycles. The van der Waals surface area contributed by atoms with Gasteiger partial charge in [-0.25, -0.2) is 8.42 Å². The monoisotopic (exact) mass is 351 g/mol. The van der Waals surface area contributed by atoms with E-state index in [4.69, 9.17) is 0 Å². The standard InChI is InChI=1S/C15H21N5O3S/c1-11-5-7-13(8-6-11)20(24(4,22)23)9-14(21)17-12(2)15-18-16-10-19(15)3/h5-8,10,12H,9H2,1-4H3,(H,17,21). The van der Waals surface area contributed by atoms with Gasteiger partial charge in [0.25, 0.3) is 0 Å². The molecule has 0 aliphatic rings. The minimum absolute atomic E-state index is 0.302. The molecule has 0 aliphatic heterocycles. The Morgan fingerprint density at radius 3 is 2.46 bits per heavy atom. The fourth-order valence-electron chi connectivity index (χ4n) is 2.28. The molecule has 1 aromatic heterocycles. The van der Waals surface area contributed by atoms with Crippen molar-refractivity contribution in [1.82, 2.24) is 20.1 Å². The summed E-state index contributed by atoms with van der Waals surface area (Å²) in [5.41, 5.74) is 1.46. The highest BCUT2D eigenvalue weighted by atomic mass is 32.2. The molecule has 0 spiro atoms. The molecule has 2 rings (SSSR count). The third-order valence-electron chi connectivity index (χ3n) is 3.52. The first-order valence-electron chi connectivity index (χ1n) is 7.36. The van der Waals surface area contributed by atoms with Gasteiger partial charge in [0.2, 0.25) is 15.9 Å². The minimum Gasteiger partial charge on any atom is -0.345 e. The molecule has 1 heterocycles. The van der Waals surface area contributed by atoms with Crippen LogP contribution < -0.4 is 9.62 Å².